The zero-order chi connectivity index (χ0) is 28.4. The first-order valence-electron chi connectivity index (χ1n) is 13.8. The van der Waals surface area contributed by atoms with E-state index in [0.29, 0.717) is 92.5 Å². The third-order valence-corrected chi connectivity index (χ3v) is 5.48. The van der Waals surface area contributed by atoms with Crippen LogP contribution >= 0.6 is 0 Å². The monoisotopic (exact) mass is 566 g/mol. The summed E-state index contributed by atoms with van der Waals surface area (Å²) in [6, 6.07) is 20.0. The van der Waals surface area contributed by atoms with Crippen molar-refractivity contribution in [3.63, 3.8) is 0 Å². The van der Waals surface area contributed by atoms with Gasteiger partial charge in [-0.25, -0.2) is 0 Å². The predicted molar refractivity (Wildman–Crippen MR) is 149 cm³/mol. The number of benzene rings is 2. The van der Waals surface area contributed by atoms with Crippen LogP contribution in [0.2, 0.25) is 0 Å². The minimum Gasteiger partial charge on any atom is -0.388 e. The molecule has 0 radical (unpaired) electrons. The van der Waals surface area contributed by atoms with Gasteiger partial charge in [-0.2, -0.15) is 0 Å². The number of hydrogen-bond acceptors (Lipinski definition) is 10. The third-order valence-electron chi connectivity index (χ3n) is 5.48. The Morgan fingerprint density at radius 2 is 0.650 bits per heavy atom. The molecule has 40 heavy (non-hydrogen) atoms. The molecular formula is C30H46O10. The molecule has 0 aliphatic carbocycles. The van der Waals surface area contributed by atoms with Crippen LogP contribution in [0, 0.1) is 0 Å². The molecule has 0 spiro atoms. The molecule has 0 aliphatic heterocycles. The summed E-state index contributed by atoms with van der Waals surface area (Å²) < 4.78 is 43.5. The van der Waals surface area contributed by atoms with Crippen molar-refractivity contribution in [1.82, 2.24) is 0 Å². The van der Waals surface area contributed by atoms with Crippen molar-refractivity contribution < 1.29 is 48.1 Å². The van der Waals surface area contributed by atoms with E-state index < -0.39 is 12.2 Å². The average molecular weight is 567 g/mol. The van der Waals surface area contributed by atoms with Gasteiger partial charge in [0.25, 0.3) is 0 Å². The van der Waals surface area contributed by atoms with Crippen LogP contribution in [-0.2, 0) is 51.1 Å². The number of aliphatic hydroxyl groups is 2. The maximum Gasteiger partial charge on any atom is 0.105 e. The summed E-state index contributed by atoms with van der Waals surface area (Å²) >= 11 is 0. The molecule has 2 aromatic carbocycles. The Kier molecular flexibility index (Phi) is 21.2. The Labute approximate surface area is 238 Å². The van der Waals surface area contributed by atoms with E-state index in [1.807, 2.05) is 60.7 Å². The molecule has 0 unspecified atom stereocenters. The standard InChI is InChI=1S/C30H46O10/c31-29(25-39-21-17-35-13-11-33-15-19-37-23-27-7-3-1-4-8-27)30(32)26-40-22-18-36-14-12-34-16-20-38-24-28-9-5-2-6-10-28/h1-10,29-32H,11-26H2/t29-,30-/m1/s1. The minimum atomic E-state index is -1.04. The Morgan fingerprint density at radius 1 is 0.375 bits per heavy atom. The summed E-state index contributed by atoms with van der Waals surface area (Å²) in [6.45, 7) is 6.36. The van der Waals surface area contributed by atoms with E-state index in [4.69, 9.17) is 37.9 Å². The quantitative estimate of drug-likeness (QED) is 0.156. The fraction of sp³-hybridized carbons (Fsp3) is 0.600. The second kappa shape index (κ2) is 24.8. The fourth-order valence-electron chi connectivity index (χ4n) is 3.27. The molecular weight excluding hydrogens is 520 g/mol. The van der Waals surface area contributed by atoms with E-state index in [1.54, 1.807) is 0 Å². The number of hydrogen-bond donors (Lipinski definition) is 2. The van der Waals surface area contributed by atoms with Gasteiger partial charge < -0.3 is 48.1 Å². The Balaban J connectivity index is 1.25. The van der Waals surface area contributed by atoms with Gasteiger partial charge in [-0.15, -0.1) is 0 Å². The van der Waals surface area contributed by atoms with Gasteiger partial charge in [0.1, 0.15) is 12.2 Å². The van der Waals surface area contributed by atoms with E-state index in [0.717, 1.165) is 11.1 Å². The lowest BCUT2D eigenvalue weighted by atomic mass is 10.2. The Bertz CT molecular complexity index is 728. The molecule has 0 bridgehead atoms. The van der Waals surface area contributed by atoms with Crippen LogP contribution in [0.25, 0.3) is 0 Å². The Hall–Kier alpha value is -1.96. The van der Waals surface area contributed by atoms with E-state index in [1.165, 1.54) is 0 Å². The van der Waals surface area contributed by atoms with Crippen LogP contribution < -0.4 is 0 Å². The smallest absolute Gasteiger partial charge is 0.105 e. The van der Waals surface area contributed by atoms with Crippen molar-refractivity contribution in [3.8, 4) is 0 Å². The highest BCUT2D eigenvalue weighted by Crippen LogP contribution is 2.01. The number of ether oxygens (including phenoxy) is 8. The van der Waals surface area contributed by atoms with Crippen LogP contribution in [0.5, 0.6) is 0 Å². The van der Waals surface area contributed by atoms with Crippen LogP contribution in [-0.4, -0.2) is 115 Å². The normalized spacial score (nSPS) is 12.9. The zero-order valence-electron chi connectivity index (χ0n) is 23.4. The van der Waals surface area contributed by atoms with Gasteiger partial charge in [-0.05, 0) is 11.1 Å². The predicted octanol–water partition coefficient (Wildman–Crippen LogP) is 2.24. The lowest BCUT2D eigenvalue weighted by Gasteiger charge is -2.18. The second-order valence-corrected chi connectivity index (χ2v) is 8.81. The van der Waals surface area contributed by atoms with Crippen molar-refractivity contribution in [3.05, 3.63) is 71.8 Å². The molecule has 0 saturated carbocycles. The highest BCUT2D eigenvalue weighted by molar-refractivity contribution is 5.14. The number of aliphatic hydroxyl groups excluding tert-OH is 2. The third kappa shape index (κ3) is 19.2. The highest BCUT2D eigenvalue weighted by atomic mass is 16.6. The molecule has 226 valence electrons. The molecule has 0 fully saturated rings. The summed E-state index contributed by atoms with van der Waals surface area (Å²) in [4.78, 5) is 0. The lowest BCUT2D eigenvalue weighted by Crippen LogP contribution is -2.35. The maximum absolute atomic E-state index is 9.97. The van der Waals surface area contributed by atoms with Gasteiger partial charge in [0, 0.05) is 0 Å². The van der Waals surface area contributed by atoms with Crippen LogP contribution in [0.3, 0.4) is 0 Å². The molecule has 0 saturated heterocycles. The van der Waals surface area contributed by atoms with Gasteiger partial charge in [-0.1, -0.05) is 60.7 Å². The molecule has 0 amide bonds. The SMILES string of the molecule is O[C@H](COCCOCCOCCOCc1ccccc1)[C@H](O)COCCOCCOCCOCc1ccccc1. The maximum atomic E-state index is 9.97. The number of rotatable bonds is 27. The van der Waals surface area contributed by atoms with Crippen molar-refractivity contribution in [1.29, 1.82) is 0 Å². The van der Waals surface area contributed by atoms with Crippen LogP contribution in [0.15, 0.2) is 60.7 Å². The summed E-state index contributed by atoms with van der Waals surface area (Å²) in [5, 5.41) is 19.9. The second-order valence-electron chi connectivity index (χ2n) is 8.81. The summed E-state index contributed by atoms with van der Waals surface area (Å²) in [7, 11) is 0. The molecule has 0 aromatic heterocycles. The van der Waals surface area contributed by atoms with Gasteiger partial charge in [-0.3, -0.25) is 0 Å². The van der Waals surface area contributed by atoms with E-state index in [2.05, 4.69) is 0 Å². The van der Waals surface area contributed by atoms with Crippen LogP contribution in [0.1, 0.15) is 11.1 Å². The van der Waals surface area contributed by atoms with E-state index in [9.17, 15) is 10.2 Å². The van der Waals surface area contributed by atoms with Crippen LogP contribution in [0.4, 0.5) is 0 Å². The van der Waals surface area contributed by atoms with Crippen molar-refractivity contribution in [2.24, 2.45) is 0 Å². The summed E-state index contributed by atoms with van der Waals surface area (Å²) in [6.07, 6.45) is -2.09. The molecule has 2 aromatic rings. The molecule has 2 N–H and O–H groups in total. The summed E-state index contributed by atoms with van der Waals surface area (Å²) in [5.74, 6) is 0. The molecule has 10 nitrogen and oxygen atoms in total. The van der Waals surface area contributed by atoms with Crippen molar-refractivity contribution in [2.75, 3.05) is 92.5 Å². The highest BCUT2D eigenvalue weighted by Gasteiger charge is 2.16. The van der Waals surface area contributed by atoms with E-state index in [-0.39, 0.29) is 13.2 Å². The molecule has 2 atom stereocenters. The Morgan fingerprint density at radius 3 is 0.975 bits per heavy atom. The first-order valence-corrected chi connectivity index (χ1v) is 13.8. The largest absolute Gasteiger partial charge is 0.388 e. The van der Waals surface area contributed by atoms with Gasteiger partial charge in [0.2, 0.25) is 0 Å². The van der Waals surface area contributed by atoms with Gasteiger partial charge in [0.15, 0.2) is 0 Å². The van der Waals surface area contributed by atoms with Gasteiger partial charge in [0.05, 0.1) is 106 Å². The average Bonchev–Trinajstić information content (AvgIpc) is 2.99. The topological polar surface area (TPSA) is 114 Å². The summed E-state index contributed by atoms with van der Waals surface area (Å²) in [5.41, 5.74) is 2.27. The minimum absolute atomic E-state index is 0.00790. The van der Waals surface area contributed by atoms with E-state index >= 15 is 0 Å². The first-order chi connectivity index (χ1) is 19.8. The molecule has 0 aliphatic rings. The molecule has 2 rings (SSSR count). The van der Waals surface area contributed by atoms with Crippen molar-refractivity contribution in [2.45, 2.75) is 25.4 Å². The molecule has 10 heteroatoms. The first kappa shape index (κ1) is 34.2. The van der Waals surface area contributed by atoms with Crippen molar-refractivity contribution >= 4 is 0 Å². The zero-order valence-corrected chi connectivity index (χ0v) is 23.4. The molecule has 0 heterocycles. The lowest BCUT2D eigenvalue weighted by molar-refractivity contribution is -0.0827. The fourth-order valence-corrected chi connectivity index (χ4v) is 3.27. The van der Waals surface area contributed by atoms with Gasteiger partial charge >= 0.3 is 0 Å².